The Hall–Kier alpha value is -1.08. The predicted molar refractivity (Wildman–Crippen MR) is 69.0 cm³/mol. The molecule has 92 valence electrons. The molecule has 1 fully saturated rings. The number of anilines is 2. The van der Waals surface area contributed by atoms with Crippen LogP contribution in [-0.2, 0) is 14.8 Å². The van der Waals surface area contributed by atoms with E-state index >= 15 is 0 Å². The van der Waals surface area contributed by atoms with Gasteiger partial charge in [-0.05, 0) is 48.0 Å². The van der Waals surface area contributed by atoms with E-state index in [0.717, 1.165) is 4.31 Å². The van der Waals surface area contributed by atoms with Crippen LogP contribution in [0.15, 0.2) is 22.7 Å². The van der Waals surface area contributed by atoms with Gasteiger partial charge in [-0.3, -0.25) is 4.79 Å². The average molecular weight is 319 g/mol. The molecule has 1 heterocycles. The summed E-state index contributed by atoms with van der Waals surface area (Å²) in [5.74, 6) is -0.445. The topological polar surface area (TPSA) is 80.5 Å². The number of sulfonamides is 1. The summed E-state index contributed by atoms with van der Waals surface area (Å²) in [5, 5.41) is 0. The fourth-order valence-electron chi connectivity index (χ4n) is 1.57. The van der Waals surface area contributed by atoms with E-state index in [1.165, 1.54) is 26.0 Å². The van der Waals surface area contributed by atoms with Gasteiger partial charge in [-0.2, -0.15) is 0 Å². The molecule has 0 unspecified atom stereocenters. The number of hydrogen-bond acceptors (Lipinski definition) is 4. The fourth-order valence-corrected chi connectivity index (χ4v) is 3.29. The summed E-state index contributed by atoms with van der Waals surface area (Å²) in [6.45, 7) is 2.78. The molecule has 1 aromatic rings. The van der Waals surface area contributed by atoms with E-state index in [9.17, 15) is 13.2 Å². The molecule has 0 aliphatic carbocycles. The maximum absolute atomic E-state index is 11.9. The molecule has 1 aliphatic rings. The number of nitrogen functional groups attached to an aromatic ring is 1. The number of carbonyl (C=O) groups is 1. The van der Waals surface area contributed by atoms with Crippen LogP contribution in [0, 0.1) is 0 Å². The smallest absolute Gasteiger partial charge is 0.263 e. The molecule has 2 N–H and O–H groups in total. The number of hydrogen-bond donors (Lipinski definition) is 1. The molecule has 0 bridgehead atoms. The van der Waals surface area contributed by atoms with Crippen molar-refractivity contribution in [2.45, 2.75) is 18.6 Å². The summed E-state index contributed by atoms with van der Waals surface area (Å²) >= 11 is 3.21. The SMILES string of the molecule is CC1(C)C(=O)N(c2ccc(Br)c(N)c2)S1(=O)=O. The van der Waals surface area contributed by atoms with Gasteiger partial charge in [0.15, 0.2) is 4.75 Å². The average Bonchev–Trinajstić information content (AvgIpc) is 2.23. The number of rotatable bonds is 1. The van der Waals surface area contributed by atoms with Crippen LogP contribution in [0.2, 0.25) is 0 Å². The van der Waals surface area contributed by atoms with Gasteiger partial charge in [-0.25, -0.2) is 12.7 Å². The summed E-state index contributed by atoms with van der Waals surface area (Å²) < 4.78 is 24.0. The molecular formula is C10H11BrN2O3S. The Morgan fingerprint density at radius 1 is 1.35 bits per heavy atom. The quantitative estimate of drug-likeness (QED) is 0.795. The van der Waals surface area contributed by atoms with Crippen molar-refractivity contribution in [3.63, 3.8) is 0 Å². The highest BCUT2D eigenvalue weighted by molar-refractivity contribution is 9.10. The van der Waals surface area contributed by atoms with E-state index in [2.05, 4.69) is 15.9 Å². The highest BCUT2D eigenvalue weighted by Gasteiger charge is 2.60. The molecule has 7 heteroatoms. The highest BCUT2D eigenvalue weighted by Crippen LogP contribution is 2.40. The van der Waals surface area contributed by atoms with E-state index < -0.39 is 20.7 Å². The van der Waals surface area contributed by atoms with Gasteiger partial charge in [-0.15, -0.1) is 0 Å². The Morgan fingerprint density at radius 3 is 2.41 bits per heavy atom. The van der Waals surface area contributed by atoms with E-state index in [0.29, 0.717) is 10.2 Å². The zero-order valence-electron chi connectivity index (χ0n) is 9.27. The molecular weight excluding hydrogens is 308 g/mol. The first-order chi connectivity index (χ1) is 7.69. The van der Waals surface area contributed by atoms with Crippen molar-refractivity contribution in [2.24, 2.45) is 0 Å². The van der Waals surface area contributed by atoms with Gasteiger partial charge in [0.05, 0.1) is 5.69 Å². The van der Waals surface area contributed by atoms with Gasteiger partial charge >= 0.3 is 0 Å². The lowest BCUT2D eigenvalue weighted by molar-refractivity contribution is -0.120. The van der Waals surface area contributed by atoms with Crippen molar-refractivity contribution >= 4 is 43.2 Å². The Morgan fingerprint density at radius 2 is 1.94 bits per heavy atom. The highest BCUT2D eigenvalue weighted by atomic mass is 79.9. The standard InChI is InChI=1S/C10H11BrN2O3S/c1-10(2)9(14)13(17(10,15)16)6-3-4-7(11)8(12)5-6/h3-5H,12H2,1-2H3. The maximum atomic E-state index is 11.9. The molecule has 2 rings (SSSR count). The number of benzene rings is 1. The van der Waals surface area contributed by atoms with Crippen molar-refractivity contribution in [1.29, 1.82) is 0 Å². The molecule has 1 aromatic carbocycles. The summed E-state index contributed by atoms with van der Waals surface area (Å²) in [5.41, 5.74) is 6.32. The van der Waals surface area contributed by atoms with Crippen LogP contribution in [0.3, 0.4) is 0 Å². The third kappa shape index (κ3) is 1.49. The molecule has 1 aliphatic heterocycles. The van der Waals surface area contributed by atoms with Crippen LogP contribution in [-0.4, -0.2) is 19.1 Å². The van der Waals surface area contributed by atoms with Gasteiger partial charge in [0, 0.05) is 10.2 Å². The second-order valence-electron chi connectivity index (χ2n) is 4.29. The molecule has 1 saturated heterocycles. The minimum absolute atomic E-state index is 0.273. The van der Waals surface area contributed by atoms with Crippen molar-refractivity contribution in [3.8, 4) is 0 Å². The van der Waals surface area contributed by atoms with Crippen molar-refractivity contribution in [2.75, 3.05) is 10.0 Å². The van der Waals surface area contributed by atoms with E-state index in [1.54, 1.807) is 6.07 Å². The monoisotopic (exact) mass is 318 g/mol. The van der Waals surface area contributed by atoms with Crippen molar-refractivity contribution in [1.82, 2.24) is 0 Å². The third-order valence-electron chi connectivity index (χ3n) is 2.80. The Kier molecular flexibility index (Phi) is 2.52. The number of nitrogens with two attached hydrogens (primary N) is 1. The summed E-state index contributed by atoms with van der Waals surface area (Å²) in [6.07, 6.45) is 0. The molecule has 0 radical (unpaired) electrons. The van der Waals surface area contributed by atoms with Gasteiger partial charge in [-0.1, -0.05) is 0 Å². The van der Waals surface area contributed by atoms with Crippen LogP contribution < -0.4 is 10.0 Å². The fraction of sp³-hybridized carbons (Fsp3) is 0.300. The van der Waals surface area contributed by atoms with Crippen LogP contribution in [0.1, 0.15) is 13.8 Å². The van der Waals surface area contributed by atoms with E-state index in [1.807, 2.05) is 0 Å². The number of carbonyl (C=O) groups excluding carboxylic acids is 1. The normalized spacial score (nSPS) is 21.1. The molecule has 0 saturated carbocycles. The lowest BCUT2D eigenvalue weighted by Gasteiger charge is -2.42. The van der Waals surface area contributed by atoms with E-state index in [-0.39, 0.29) is 5.69 Å². The molecule has 0 atom stereocenters. The maximum Gasteiger partial charge on any atom is 0.263 e. The first-order valence-corrected chi connectivity index (χ1v) is 7.07. The molecule has 0 aromatic heterocycles. The molecule has 0 spiro atoms. The minimum atomic E-state index is -3.62. The zero-order chi connectivity index (χ0) is 13.0. The van der Waals surface area contributed by atoms with Gasteiger partial charge < -0.3 is 5.73 Å². The summed E-state index contributed by atoms with van der Waals surface area (Å²) in [6, 6.07) is 4.60. The van der Waals surface area contributed by atoms with Gasteiger partial charge in [0.2, 0.25) is 0 Å². The van der Waals surface area contributed by atoms with E-state index in [4.69, 9.17) is 5.73 Å². The largest absolute Gasteiger partial charge is 0.398 e. The molecule has 17 heavy (non-hydrogen) atoms. The molecule has 1 amide bonds. The third-order valence-corrected chi connectivity index (χ3v) is 5.84. The van der Waals surface area contributed by atoms with Crippen LogP contribution >= 0.6 is 15.9 Å². The predicted octanol–water partition coefficient (Wildman–Crippen LogP) is 1.49. The lowest BCUT2D eigenvalue weighted by Crippen LogP contribution is -2.67. The summed E-state index contributed by atoms with van der Waals surface area (Å²) in [4.78, 5) is 11.8. The van der Waals surface area contributed by atoms with Crippen molar-refractivity contribution in [3.05, 3.63) is 22.7 Å². The number of nitrogens with zero attached hydrogens (tertiary/aromatic N) is 1. The van der Waals surface area contributed by atoms with Crippen LogP contribution in [0.5, 0.6) is 0 Å². The number of amides is 1. The zero-order valence-corrected chi connectivity index (χ0v) is 11.7. The van der Waals surface area contributed by atoms with Gasteiger partial charge in [0.1, 0.15) is 0 Å². The Balaban J connectivity index is 2.51. The van der Waals surface area contributed by atoms with Crippen LogP contribution in [0.4, 0.5) is 11.4 Å². The number of halogens is 1. The van der Waals surface area contributed by atoms with Gasteiger partial charge in [0.25, 0.3) is 15.9 Å². The molecule has 5 nitrogen and oxygen atoms in total. The van der Waals surface area contributed by atoms with Crippen molar-refractivity contribution < 1.29 is 13.2 Å². The second kappa shape index (κ2) is 3.46. The first-order valence-electron chi connectivity index (χ1n) is 4.84. The minimum Gasteiger partial charge on any atom is -0.398 e. The lowest BCUT2D eigenvalue weighted by atomic mass is 10.1. The summed E-state index contributed by atoms with van der Waals surface area (Å²) in [7, 11) is -3.62. The second-order valence-corrected chi connectivity index (χ2v) is 7.48. The van der Waals surface area contributed by atoms with Crippen LogP contribution in [0.25, 0.3) is 0 Å². The Bertz CT molecular complexity index is 610. The first kappa shape index (κ1) is 12.4. The Labute approximate surface area is 108 Å².